The SMILES string of the molecule is CCCCCC1CCC(NC(=O)CC(CC(N)=O)C(N)=O)CC1. The Bertz CT molecular complexity index is 404. The second-order valence-corrected chi connectivity index (χ2v) is 6.75. The molecular weight excluding hydrogens is 294 g/mol. The van der Waals surface area contributed by atoms with Crippen LogP contribution in [0.4, 0.5) is 0 Å². The van der Waals surface area contributed by atoms with Gasteiger partial charge in [0.05, 0.1) is 5.92 Å². The summed E-state index contributed by atoms with van der Waals surface area (Å²) in [6.07, 6.45) is 9.16. The summed E-state index contributed by atoms with van der Waals surface area (Å²) in [7, 11) is 0. The second kappa shape index (κ2) is 10.2. The summed E-state index contributed by atoms with van der Waals surface area (Å²) in [5.74, 6) is -1.52. The zero-order chi connectivity index (χ0) is 17.2. The third kappa shape index (κ3) is 8.00. The fourth-order valence-electron chi connectivity index (χ4n) is 3.31. The lowest BCUT2D eigenvalue weighted by atomic mass is 9.83. The fraction of sp³-hybridized carbons (Fsp3) is 0.824. The Labute approximate surface area is 138 Å². The topological polar surface area (TPSA) is 115 Å². The Hall–Kier alpha value is -1.59. The summed E-state index contributed by atoms with van der Waals surface area (Å²) >= 11 is 0. The molecule has 0 aromatic carbocycles. The van der Waals surface area contributed by atoms with Crippen molar-refractivity contribution >= 4 is 17.7 Å². The highest BCUT2D eigenvalue weighted by Crippen LogP contribution is 2.28. The van der Waals surface area contributed by atoms with Crippen LogP contribution in [0.15, 0.2) is 0 Å². The second-order valence-electron chi connectivity index (χ2n) is 6.75. The largest absolute Gasteiger partial charge is 0.370 e. The Morgan fingerprint density at radius 3 is 2.22 bits per heavy atom. The van der Waals surface area contributed by atoms with Crippen LogP contribution in [-0.4, -0.2) is 23.8 Å². The third-order valence-corrected chi connectivity index (χ3v) is 4.71. The van der Waals surface area contributed by atoms with Crippen molar-refractivity contribution in [2.45, 2.75) is 77.2 Å². The summed E-state index contributed by atoms with van der Waals surface area (Å²) < 4.78 is 0. The summed E-state index contributed by atoms with van der Waals surface area (Å²) in [5, 5.41) is 2.97. The minimum absolute atomic E-state index is 0.0608. The summed E-state index contributed by atoms with van der Waals surface area (Å²) in [6, 6.07) is 0.173. The van der Waals surface area contributed by atoms with E-state index in [1.165, 1.54) is 25.7 Å². The van der Waals surface area contributed by atoms with Gasteiger partial charge in [-0.3, -0.25) is 14.4 Å². The van der Waals surface area contributed by atoms with Gasteiger partial charge in [-0.1, -0.05) is 32.6 Å². The van der Waals surface area contributed by atoms with Crippen molar-refractivity contribution in [3.63, 3.8) is 0 Å². The van der Waals surface area contributed by atoms with Gasteiger partial charge in [-0.05, 0) is 31.6 Å². The number of unbranched alkanes of at least 4 members (excludes halogenated alkanes) is 2. The van der Waals surface area contributed by atoms with Crippen LogP contribution >= 0.6 is 0 Å². The number of amides is 3. The third-order valence-electron chi connectivity index (χ3n) is 4.71. The van der Waals surface area contributed by atoms with E-state index < -0.39 is 17.7 Å². The molecular formula is C17H31N3O3. The van der Waals surface area contributed by atoms with E-state index in [2.05, 4.69) is 12.2 Å². The van der Waals surface area contributed by atoms with Gasteiger partial charge in [0.1, 0.15) is 0 Å². The molecule has 5 N–H and O–H groups in total. The number of carbonyl (C=O) groups excluding carboxylic acids is 3. The Balaban J connectivity index is 2.30. The maximum atomic E-state index is 12.0. The average Bonchev–Trinajstić information content (AvgIpc) is 2.48. The molecule has 0 saturated heterocycles. The van der Waals surface area contributed by atoms with Crippen molar-refractivity contribution in [3.8, 4) is 0 Å². The molecule has 1 aliphatic rings. The number of nitrogens with one attached hydrogen (secondary N) is 1. The molecule has 0 heterocycles. The zero-order valence-electron chi connectivity index (χ0n) is 14.2. The number of nitrogens with two attached hydrogens (primary N) is 2. The fourth-order valence-corrected chi connectivity index (χ4v) is 3.31. The zero-order valence-corrected chi connectivity index (χ0v) is 14.2. The van der Waals surface area contributed by atoms with Gasteiger partial charge < -0.3 is 16.8 Å². The van der Waals surface area contributed by atoms with Crippen molar-refractivity contribution in [2.24, 2.45) is 23.3 Å². The molecule has 1 aliphatic carbocycles. The quantitative estimate of drug-likeness (QED) is 0.530. The molecule has 0 bridgehead atoms. The minimum atomic E-state index is -0.808. The molecule has 6 nitrogen and oxygen atoms in total. The maximum Gasteiger partial charge on any atom is 0.221 e. The highest BCUT2D eigenvalue weighted by molar-refractivity contribution is 5.88. The van der Waals surface area contributed by atoms with E-state index in [1.54, 1.807) is 0 Å². The van der Waals surface area contributed by atoms with E-state index in [1.807, 2.05) is 0 Å². The van der Waals surface area contributed by atoms with Crippen molar-refractivity contribution in [2.75, 3.05) is 0 Å². The molecule has 1 rings (SSSR count). The molecule has 0 aliphatic heterocycles. The monoisotopic (exact) mass is 325 g/mol. The van der Waals surface area contributed by atoms with Gasteiger partial charge in [0.15, 0.2) is 0 Å². The van der Waals surface area contributed by atoms with Crippen molar-refractivity contribution in [1.82, 2.24) is 5.32 Å². The first-order valence-corrected chi connectivity index (χ1v) is 8.79. The molecule has 23 heavy (non-hydrogen) atoms. The van der Waals surface area contributed by atoms with E-state index in [9.17, 15) is 14.4 Å². The predicted molar refractivity (Wildman–Crippen MR) is 89.1 cm³/mol. The lowest BCUT2D eigenvalue weighted by Crippen LogP contribution is -2.40. The average molecular weight is 325 g/mol. The van der Waals surface area contributed by atoms with Gasteiger partial charge in [-0.15, -0.1) is 0 Å². The number of carbonyl (C=O) groups is 3. The standard InChI is InChI=1S/C17H31N3O3/c1-2-3-4-5-12-6-8-14(9-7-12)20-16(22)11-13(17(19)23)10-15(18)21/h12-14H,2-11H2,1H3,(H2,18,21)(H2,19,23)(H,20,22). The van der Waals surface area contributed by atoms with Gasteiger partial charge in [-0.25, -0.2) is 0 Å². The lowest BCUT2D eigenvalue weighted by Gasteiger charge is -2.29. The van der Waals surface area contributed by atoms with Crippen LogP contribution in [0.25, 0.3) is 0 Å². The molecule has 3 amide bonds. The smallest absolute Gasteiger partial charge is 0.221 e. The lowest BCUT2D eigenvalue weighted by molar-refractivity contribution is -0.131. The Morgan fingerprint density at radius 1 is 1.04 bits per heavy atom. The van der Waals surface area contributed by atoms with Crippen LogP contribution in [0.5, 0.6) is 0 Å². The molecule has 0 spiro atoms. The number of hydrogen-bond acceptors (Lipinski definition) is 3. The summed E-state index contributed by atoms with van der Waals surface area (Å²) in [5.41, 5.74) is 10.3. The normalized spacial score (nSPS) is 22.3. The molecule has 1 saturated carbocycles. The number of hydrogen-bond donors (Lipinski definition) is 3. The molecule has 0 aromatic heterocycles. The van der Waals surface area contributed by atoms with Crippen molar-refractivity contribution in [3.05, 3.63) is 0 Å². The van der Waals surface area contributed by atoms with Gasteiger partial charge in [0.2, 0.25) is 17.7 Å². The van der Waals surface area contributed by atoms with Gasteiger partial charge in [0.25, 0.3) is 0 Å². The van der Waals surface area contributed by atoms with Gasteiger partial charge in [-0.2, -0.15) is 0 Å². The Morgan fingerprint density at radius 2 is 1.70 bits per heavy atom. The van der Waals surface area contributed by atoms with Crippen LogP contribution in [-0.2, 0) is 14.4 Å². The van der Waals surface area contributed by atoms with Gasteiger partial charge in [0, 0.05) is 18.9 Å². The number of rotatable bonds is 10. The molecule has 1 unspecified atom stereocenters. The van der Waals surface area contributed by atoms with E-state index in [0.717, 1.165) is 31.6 Å². The first-order chi connectivity index (χ1) is 10.9. The summed E-state index contributed by atoms with van der Waals surface area (Å²) in [6.45, 7) is 2.21. The van der Waals surface area contributed by atoms with Crippen LogP contribution in [0.1, 0.15) is 71.1 Å². The molecule has 1 atom stereocenters. The van der Waals surface area contributed by atoms with E-state index in [0.29, 0.717) is 0 Å². The first-order valence-electron chi connectivity index (χ1n) is 8.79. The molecule has 6 heteroatoms. The van der Waals surface area contributed by atoms with Gasteiger partial charge >= 0.3 is 0 Å². The van der Waals surface area contributed by atoms with Crippen LogP contribution in [0, 0.1) is 11.8 Å². The highest BCUT2D eigenvalue weighted by atomic mass is 16.2. The van der Waals surface area contributed by atoms with E-state index >= 15 is 0 Å². The molecule has 1 fully saturated rings. The molecule has 0 aromatic rings. The minimum Gasteiger partial charge on any atom is -0.370 e. The van der Waals surface area contributed by atoms with Crippen LogP contribution in [0.2, 0.25) is 0 Å². The highest BCUT2D eigenvalue weighted by Gasteiger charge is 2.25. The van der Waals surface area contributed by atoms with Crippen LogP contribution < -0.4 is 16.8 Å². The first kappa shape index (κ1) is 19.5. The maximum absolute atomic E-state index is 12.0. The predicted octanol–water partition coefficient (Wildman–Crippen LogP) is 1.61. The molecule has 0 radical (unpaired) electrons. The van der Waals surface area contributed by atoms with Crippen molar-refractivity contribution in [1.29, 1.82) is 0 Å². The van der Waals surface area contributed by atoms with E-state index in [-0.39, 0.29) is 24.8 Å². The number of primary amides is 2. The Kier molecular flexibility index (Phi) is 8.66. The van der Waals surface area contributed by atoms with Crippen LogP contribution in [0.3, 0.4) is 0 Å². The van der Waals surface area contributed by atoms with Crippen molar-refractivity contribution < 1.29 is 14.4 Å². The summed E-state index contributed by atoms with van der Waals surface area (Å²) in [4.78, 5) is 34.2. The van der Waals surface area contributed by atoms with E-state index in [4.69, 9.17) is 11.5 Å². The molecule has 132 valence electrons.